The Kier molecular flexibility index (Phi) is 6.73. The lowest BCUT2D eigenvalue weighted by Crippen LogP contribution is -2.35. The van der Waals surface area contributed by atoms with Crippen LogP contribution in [0.5, 0.6) is 0 Å². The minimum absolute atomic E-state index is 0.0586. The molecule has 14 heteroatoms. The van der Waals surface area contributed by atoms with Gasteiger partial charge in [0.2, 0.25) is 0 Å². The Balaban J connectivity index is 1.31. The number of nitrogens with zero attached hydrogens (tertiary/aromatic N) is 9. The summed E-state index contributed by atoms with van der Waals surface area (Å²) in [5.74, 6) is 1.48. The number of hydrogen-bond acceptors (Lipinski definition) is 11. The zero-order valence-electron chi connectivity index (χ0n) is 26.1. The van der Waals surface area contributed by atoms with Gasteiger partial charge in [-0.2, -0.15) is 15.5 Å². The van der Waals surface area contributed by atoms with Crippen molar-refractivity contribution in [1.82, 2.24) is 44.9 Å². The zero-order valence-corrected chi connectivity index (χ0v) is 26.9. The van der Waals surface area contributed by atoms with Crippen molar-refractivity contribution in [2.45, 2.75) is 75.8 Å². The molecule has 3 aliphatic rings. The smallest absolute Gasteiger partial charge is 0.254 e. The number of thiophene rings is 1. The Hall–Kier alpha value is -4.61. The third-order valence-electron chi connectivity index (χ3n) is 10.3. The minimum Gasteiger partial charge on any atom is -0.389 e. The largest absolute Gasteiger partial charge is 0.389 e. The third-order valence-corrected chi connectivity index (χ3v) is 11.4. The maximum atomic E-state index is 12.4. The number of fused-ring (bicyclic) bond motifs is 5. The van der Waals surface area contributed by atoms with Crippen LogP contribution < -0.4 is 11.1 Å². The van der Waals surface area contributed by atoms with Crippen LogP contribution in [0.4, 0.5) is 5.00 Å². The van der Waals surface area contributed by atoms with Crippen LogP contribution in [0.3, 0.4) is 0 Å². The fraction of sp³-hybridized carbons (Fsp3) is 0.469. The van der Waals surface area contributed by atoms with Gasteiger partial charge in [0.05, 0.1) is 40.4 Å². The number of hydrogen-bond donors (Lipinski definition) is 2. The van der Waals surface area contributed by atoms with E-state index in [2.05, 4.69) is 40.5 Å². The highest BCUT2D eigenvalue weighted by Crippen LogP contribution is 2.55. The van der Waals surface area contributed by atoms with E-state index in [1.807, 2.05) is 4.68 Å². The average molecular weight is 638 g/mol. The molecule has 0 saturated carbocycles. The summed E-state index contributed by atoms with van der Waals surface area (Å²) in [4.78, 5) is 26.1. The number of aryl methyl sites for hydroxylation is 1. The number of likely N-dealkylation sites (N-methyl/N-ethyl adjacent to an activating group) is 1. The van der Waals surface area contributed by atoms with Gasteiger partial charge >= 0.3 is 0 Å². The van der Waals surface area contributed by atoms with Gasteiger partial charge in [0.25, 0.3) is 5.91 Å². The van der Waals surface area contributed by atoms with Crippen LogP contribution >= 0.6 is 11.3 Å². The quantitative estimate of drug-likeness (QED) is 0.285. The van der Waals surface area contributed by atoms with E-state index >= 15 is 0 Å². The number of likely N-dealkylation sites (tertiary alicyclic amines) is 1. The van der Waals surface area contributed by atoms with Crippen molar-refractivity contribution in [1.29, 1.82) is 5.26 Å². The van der Waals surface area contributed by atoms with Crippen molar-refractivity contribution in [3.63, 3.8) is 0 Å². The molecule has 8 rings (SSSR count). The Bertz CT molecular complexity index is 2040. The highest BCUT2D eigenvalue weighted by Gasteiger charge is 2.49. The minimum atomic E-state index is -0.452. The molecule has 5 aromatic rings. The second kappa shape index (κ2) is 10.7. The van der Waals surface area contributed by atoms with Gasteiger partial charge in [-0.3, -0.25) is 4.79 Å². The van der Waals surface area contributed by atoms with Gasteiger partial charge in [0, 0.05) is 29.7 Å². The number of amides is 1. The molecule has 0 radical (unpaired) electrons. The summed E-state index contributed by atoms with van der Waals surface area (Å²) in [6.07, 6.45) is 12.5. The summed E-state index contributed by atoms with van der Waals surface area (Å²) in [7, 11) is 3.74. The second-order valence-electron chi connectivity index (χ2n) is 12.8. The summed E-state index contributed by atoms with van der Waals surface area (Å²) in [6.45, 7) is 3.23. The number of carbonyl (C=O) groups is 1. The lowest BCUT2D eigenvalue weighted by molar-refractivity contribution is 0.0963. The number of anilines is 1. The van der Waals surface area contributed by atoms with E-state index in [0.717, 1.165) is 80.2 Å². The van der Waals surface area contributed by atoms with Crippen LogP contribution in [-0.4, -0.2) is 72.2 Å². The summed E-state index contributed by atoms with van der Waals surface area (Å²) < 4.78 is 9.87. The summed E-state index contributed by atoms with van der Waals surface area (Å²) in [5, 5.41) is 28.0. The third kappa shape index (κ3) is 4.14. The first-order valence-corrected chi connectivity index (χ1v) is 16.7. The molecule has 1 spiro atoms. The Morgan fingerprint density at radius 3 is 2.80 bits per heavy atom. The van der Waals surface area contributed by atoms with E-state index < -0.39 is 5.41 Å². The van der Waals surface area contributed by atoms with Crippen LogP contribution in [0.25, 0.3) is 28.4 Å². The van der Waals surface area contributed by atoms with Crippen molar-refractivity contribution in [2.75, 3.05) is 26.4 Å². The van der Waals surface area contributed by atoms with Gasteiger partial charge in [-0.1, -0.05) is 5.16 Å². The lowest BCUT2D eigenvalue weighted by Gasteiger charge is -2.39. The van der Waals surface area contributed by atoms with E-state index in [4.69, 9.17) is 25.3 Å². The molecule has 236 valence electrons. The first kappa shape index (κ1) is 28.8. The van der Waals surface area contributed by atoms with Crippen molar-refractivity contribution in [3.05, 3.63) is 51.5 Å². The van der Waals surface area contributed by atoms with Crippen molar-refractivity contribution < 1.29 is 9.32 Å². The Morgan fingerprint density at radius 1 is 1.22 bits per heavy atom. The molecule has 1 amide bonds. The van der Waals surface area contributed by atoms with Crippen LogP contribution in [0.2, 0.25) is 0 Å². The van der Waals surface area contributed by atoms with E-state index in [0.29, 0.717) is 45.2 Å². The number of aromatic nitrogens is 7. The predicted molar refractivity (Wildman–Crippen MR) is 172 cm³/mol. The van der Waals surface area contributed by atoms with Gasteiger partial charge in [-0.25, -0.2) is 19.3 Å². The number of rotatable bonds is 5. The molecule has 5 aromatic heterocycles. The maximum Gasteiger partial charge on any atom is 0.254 e. The Labute approximate surface area is 269 Å². The van der Waals surface area contributed by atoms with Crippen molar-refractivity contribution in [3.8, 4) is 23.4 Å². The molecule has 0 aromatic carbocycles. The van der Waals surface area contributed by atoms with E-state index in [1.165, 1.54) is 22.4 Å². The Morgan fingerprint density at radius 2 is 2.04 bits per heavy atom. The molecular formula is C32H35N11O2S. The maximum absolute atomic E-state index is 12.4. The average Bonchev–Trinajstić information content (AvgIpc) is 3.89. The first-order valence-electron chi connectivity index (χ1n) is 15.9. The molecule has 2 aliphatic carbocycles. The van der Waals surface area contributed by atoms with Crippen molar-refractivity contribution >= 4 is 33.3 Å². The van der Waals surface area contributed by atoms with Crippen LogP contribution in [0.15, 0.2) is 23.1 Å². The van der Waals surface area contributed by atoms with E-state index in [9.17, 15) is 10.1 Å². The van der Waals surface area contributed by atoms with E-state index in [-0.39, 0.29) is 11.9 Å². The molecule has 1 aliphatic heterocycles. The summed E-state index contributed by atoms with van der Waals surface area (Å²) in [5.41, 5.74) is 10.2. The highest BCUT2D eigenvalue weighted by molar-refractivity contribution is 7.16. The molecule has 46 heavy (non-hydrogen) atoms. The lowest BCUT2D eigenvalue weighted by atomic mass is 9.63. The molecule has 0 bridgehead atoms. The SMILES string of the molecule is CNC(=O)c1cnn(-c2nc(-c3noc4c3CCC[C@@]43CCCc4sc(N)c(C#N)c43)nc3c2cnn3[C@@H](C)[C@@H]2CCCN2C)c1. The number of nitrogens with one attached hydrogen (secondary N) is 1. The number of carbonyl (C=O) groups excluding carboxylic acids is 1. The molecule has 1 saturated heterocycles. The van der Waals surface area contributed by atoms with Gasteiger partial charge < -0.3 is 20.5 Å². The standard InChI is InChI=1S/C32H35N11O2S/c1-17(22-8-6-12-41(22)3)43-30-21(15-37-43)29(42-16-18(14-36-42)31(44)35-2)38-28(39-30)25-19-7-4-10-32(26(19)45-40-25)11-5-9-23-24(32)20(13-33)27(34)46-23/h14-17,22H,4-12,34H2,1-3H3,(H,35,44)/t17-,22-,32-/m0/s1. The van der Waals surface area contributed by atoms with Gasteiger partial charge in [-0.15, -0.1) is 11.3 Å². The monoisotopic (exact) mass is 637 g/mol. The summed E-state index contributed by atoms with van der Waals surface area (Å²) in [6, 6.07) is 2.77. The second-order valence-corrected chi connectivity index (χ2v) is 13.9. The van der Waals surface area contributed by atoms with Crippen LogP contribution in [0, 0.1) is 11.3 Å². The topological polar surface area (TPSA) is 170 Å². The molecule has 0 unspecified atom stereocenters. The highest BCUT2D eigenvalue weighted by atomic mass is 32.1. The fourth-order valence-electron chi connectivity index (χ4n) is 8.11. The van der Waals surface area contributed by atoms with Gasteiger partial charge in [0.1, 0.15) is 11.1 Å². The number of nitrogens with two attached hydrogens (primary N) is 1. The van der Waals surface area contributed by atoms with Crippen LogP contribution in [-0.2, 0) is 18.3 Å². The van der Waals surface area contributed by atoms with Gasteiger partial charge in [0.15, 0.2) is 28.7 Å². The summed E-state index contributed by atoms with van der Waals surface area (Å²) >= 11 is 1.53. The van der Waals surface area contributed by atoms with Crippen LogP contribution in [0.1, 0.15) is 89.2 Å². The normalized spacial score (nSPS) is 21.7. The van der Waals surface area contributed by atoms with Crippen molar-refractivity contribution in [2.24, 2.45) is 0 Å². The fourth-order valence-corrected chi connectivity index (χ4v) is 9.28. The molecule has 3 atom stereocenters. The zero-order chi connectivity index (χ0) is 31.7. The predicted octanol–water partition coefficient (Wildman–Crippen LogP) is 4.16. The molecule has 3 N–H and O–H groups in total. The number of nitrogen functional groups attached to an aromatic ring is 1. The molecule has 13 nitrogen and oxygen atoms in total. The molecule has 6 heterocycles. The van der Waals surface area contributed by atoms with E-state index in [1.54, 1.807) is 24.1 Å². The number of nitriles is 1. The van der Waals surface area contributed by atoms with Gasteiger partial charge in [-0.05, 0) is 77.4 Å². The molecule has 1 fully saturated rings. The first-order chi connectivity index (χ1) is 22.3. The molecular weight excluding hydrogens is 602 g/mol.